The van der Waals surface area contributed by atoms with Crippen LogP contribution in [0.5, 0.6) is 5.75 Å². The number of carbonyl (C=O) groups excluding carboxylic acids is 2. The average Bonchev–Trinajstić information content (AvgIpc) is 4.21. The maximum Gasteiger partial charge on any atom is 0.243 e. The van der Waals surface area contributed by atoms with Crippen LogP contribution < -0.4 is 15.1 Å². The number of benzene rings is 2. The van der Waals surface area contributed by atoms with E-state index in [0.29, 0.717) is 34.7 Å². The summed E-state index contributed by atoms with van der Waals surface area (Å²) >= 11 is 1.59. The van der Waals surface area contributed by atoms with Gasteiger partial charge in [-0.15, -0.1) is 21.5 Å². The number of anilines is 2. The second kappa shape index (κ2) is 18.9. The van der Waals surface area contributed by atoms with Crippen molar-refractivity contribution < 1.29 is 24.3 Å². The molecule has 1 unspecified atom stereocenters. The fourth-order valence-corrected chi connectivity index (χ4v) is 11.4. The van der Waals surface area contributed by atoms with Crippen molar-refractivity contribution in [3.63, 3.8) is 0 Å². The number of rotatable bonds is 12. The van der Waals surface area contributed by atoms with E-state index in [4.69, 9.17) is 14.5 Å². The van der Waals surface area contributed by atoms with Crippen LogP contribution in [0.15, 0.2) is 89.3 Å². The molecule has 3 aliphatic rings. The first kappa shape index (κ1) is 47.0. The van der Waals surface area contributed by atoms with Crippen LogP contribution in [0.4, 0.5) is 11.8 Å². The molecule has 4 N–H and O–H groups in total. The molecule has 3 atom stereocenters. The van der Waals surface area contributed by atoms with E-state index in [2.05, 4.69) is 40.4 Å². The minimum absolute atomic E-state index is 0.0484. The van der Waals surface area contributed by atoms with Crippen LogP contribution in [0.1, 0.15) is 107 Å². The molecule has 3 fully saturated rings. The molecule has 0 bridgehead atoms. The lowest BCUT2D eigenvalue weighted by Crippen LogP contribution is -2.55. The summed E-state index contributed by atoms with van der Waals surface area (Å²) in [5.74, 6) is 1.87. The van der Waals surface area contributed by atoms with Crippen LogP contribution in [0, 0.1) is 12.8 Å². The van der Waals surface area contributed by atoms with Crippen LogP contribution in [0.3, 0.4) is 0 Å². The summed E-state index contributed by atoms with van der Waals surface area (Å²) in [6, 6.07) is 18.3. The van der Waals surface area contributed by atoms with Gasteiger partial charge >= 0.3 is 0 Å². The first-order valence-corrected chi connectivity index (χ1v) is 25.3. The number of β-amino-alcohol motifs (C(OH)–C–C–N with tert-alkyl or cyclic N) is 1. The molecule has 2 aromatic carbocycles. The van der Waals surface area contributed by atoms with E-state index in [1.165, 1.54) is 10.5 Å². The predicted octanol–water partition coefficient (Wildman–Crippen LogP) is 8.24. The highest BCUT2D eigenvalue weighted by Gasteiger charge is 2.50. The number of aromatic hydroxyl groups is 1. The number of hydrogen-bond donors (Lipinski definition) is 4. The maximum atomic E-state index is 14.8. The Hall–Kier alpha value is -6.72. The topological polar surface area (TPSA) is 203 Å². The predicted molar refractivity (Wildman–Crippen MR) is 270 cm³/mol. The molecular formula is C53H61N11O5S. The van der Waals surface area contributed by atoms with Gasteiger partial charge < -0.3 is 39.7 Å². The van der Waals surface area contributed by atoms with Gasteiger partial charge in [0.15, 0.2) is 17.2 Å². The standard InChI is InChI=1S/C53H61N11O5S/c1-31(2)53(6,50(68)64-29-38(65)23-43(64)49(67)58-52(4,5)37-13-11-35(12-14-37)47-32(3)57-30-70-47)45-25-46(61-69-45)62-19-15-33(16-20-62)36-26-55-51(56-27-36)63-21-17-34(18-22-63)41-28-54-48-40(41)24-42(59-60-48)39-9-7-8-10-44(39)66/h7-14,24-28,30-31,33-34,38,43,65-66H,15-23,29H2,1-6H3,(H,54,60)(H,58,67)/t38-,43+,53?/m1/s1. The quantitative estimate of drug-likeness (QED) is 0.0913. The molecule has 0 aliphatic carbocycles. The van der Waals surface area contributed by atoms with Gasteiger partial charge in [0.1, 0.15) is 17.2 Å². The van der Waals surface area contributed by atoms with Gasteiger partial charge in [-0.05, 0) is 112 Å². The number of fused-ring (bicyclic) bond motifs is 1. The molecule has 3 aliphatic heterocycles. The van der Waals surface area contributed by atoms with E-state index in [1.807, 2.05) is 114 Å². The molecule has 8 heterocycles. The molecule has 7 aromatic rings. The molecule has 0 spiro atoms. The van der Waals surface area contributed by atoms with Crippen LogP contribution in [-0.2, 0) is 20.5 Å². The van der Waals surface area contributed by atoms with Gasteiger partial charge in [0, 0.05) is 74.8 Å². The molecule has 0 radical (unpaired) electrons. The molecule has 17 heteroatoms. The first-order chi connectivity index (χ1) is 33.7. The van der Waals surface area contributed by atoms with Gasteiger partial charge in [-0.3, -0.25) is 9.59 Å². The van der Waals surface area contributed by atoms with Gasteiger partial charge in [-0.25, -0.2) is 15.0 Å². The van der Waals surface area contributed by atoms with Gasteiger partial charge in [-0.1, -0.05) is 55.4 Å². The number of carbonyl (C=O) groups is 2. The van der Waals surface area contributed by atoms with E-state index >= 15 is 0 Å². The fourth-order valence-electron chi connectivity index (χ4n) is 10.6. The first-order valence-electron chi connectivity index (χ1n) is 24.4. The zero-order valence-corrected chi connectivity index (χ0v) is 41.4. The number of aryl methyl sites for hydroxylation is 1. The number of phenols is 1. The normalized spacial score (nSPS) is 19.3. The number of piperidine rings is 2. The Balaban J connectivity index is 0.745. The monoisotopic (exact) mass is 963 g/mol. The summed E-state index contributed by atoms with van der Waals surface area (Å²) in [6.07, 6.45) is 8.96. The molecule has 16 nitrogen and oxygen atoms in total. The summed E-state index contributed by atoms with van der Waals surface area (Å²) in [6.45, 7) is 14.9. The second-order valence-electron chi connectivity index (χ2n) is 20.3. The number of aliphatic hydroxyl groups is 1. The smallest absolute Gasteiger partial charge is 0.243 e. The molecule has 364 valence electrons. The van der Waals surface area contributed by atoms with Crippen molar-refractivity contribution in [1.29, 1.82) is 0 Å². The van der Waals surface area contributed by atoms with Gasteiger partial charge in [-0.2, -0.15) is 0 Å². The van der Waals surface area contributed by atoms with E-state index in [9.17, 15) is 19.8 Å². The van der Waals surface area contributed by atoms with Crippen LogP contribution >= 0.6 is 11.3 Å². The van der Waals surface area contributed by atoms with Crippen molar-refractivity contribution in [1.82, 2.24) is 45.5 Å². The number of H-pyrrole nitrogens is 1. The second-order valence-corrected chi connectivity index (χ2v) is 21.2. The Morgan fingerprint density at radius 1 is 0.900 bits per heavy atom. The number of amides is 2. The molecule has 2 amide bonds. The number of hydrogen-bond acceptors (Lipinski definition) is 14. The van der Waals surface area contributed by atoms with Crippen molar-refractivity contribution in [2.45, 2.75) is 109 Å². The zero-order valence-electron chi connectivity index (χ0n) is 40.6. The van der Waals surface area contributed by atoms with Gasteiger partial charge in [0.25, 0.3) is 0 Å². The number of thiazole rings is 1. The third-order valence-corrected chi connectivity index (χ3v) is 16.3. The Labute approximate surface area is 411 Å². The highest BCUT2D eigenvalue weighted by molar-refractivity contribution is 7.13. The summed E-state index contributed by atoms with van der Waals surface area (Å²) in [5, 5.41) is 38.8. The highest BCUT2D eigenvalue weighted by Crippen LogP contribution is 2.41. The van der Waals surface area contributed by atoms with E-state index in [0.717, 1.165) is 96.1 Å². The fraction of sp³-hybridized carbons (Fsp3) is 0.434. The lowest BCUT2D eigenvalue weighted by Gasteiger charge is -2.37. The zero-order chi connectivity index (χ0) is 48.9. The maximum absolute atomic E-state index is 14.8. The lowest BCUT2D eigenvalue weighted by molar-refractivity contribution is -0.145. The number of aromatic nitrogens is 7. The summed E-state index contributed by atoms with van der Waals surface area (Å²) in [4.78, 5) is 53.3. The Morgan fingerprint density at radius 2 is 1.60 bits per heavy atom. The summed E-state index contributed by atoms with van der Waals surface area (Å²) < 4.78 is 6.04. The Bertz CT molecular complexity index is 2990. The Kier molecular flexibility index (Phi) is 12.7. The number of nitrogens with zero attached hydrogens (tertiary/aromatic N) is 9. The van der Waals surface area contributed by atoms with Gasteiger partial charge in [0.2, 0.25) is 17.8 Å². The van der Waals surface area contributed by atoms with E-state index in [-0.39, 0.29) is 36.4 Å². The Morgan fingerprint density at radius 3 is 2.29 bits per heavy atom. The van der Waals surface area contributed by atoms with Crippen molar-refractivity contribution >= 4 is 46.0 Å². The molecular weight excluding hydrogens is 903 g/mol. The summed E-state index contributed by atoms with van der Waals surface area (Å²) in [7, 11) is 0. The number of likely N-dealkylation sites (tertiary alicyclic amines) is 1. The third kappa shape index (κ3) is 8.89. The molecule has 5 aromatic heterocycles. The molecule has 0 saturated carbocycles. The van der Waals surface area contributed by atoms with E-state index in [1.54, 1.807) is 23.5 Å². The van der Waals surface area contributed by atoms with Crippen molar-refractivity contribution in [2.75, 3.05) is 42.5 Å². The van der Waals surface area contributed by atoms with Crippen LogP contribution in [0.25, 0.3) is 32.7 Å². The minimum Gasteiger partial charge on any atom is -0.507 e. The lowest BCUT2D eigenvalue weighted by atomic mass is 9.75. The summed E-state index contributed by atoms with van der Waals surface area (Å²) in [5.41, 5.74) is 7.29. The largest absolute Gasteiger partial charge is 0.507 e. The highest BCUT2D eigenvalue weighted by atomic mass is 32.1. The molecule has 10 rings (SSSR count). The van der Waals surface area contributed by atoms with Gasteiger partial charge in [0.05, 0.1) is 33.4 Å². The average molecular weight is 964 g/mol. The number of phenolic OH excluding ortho intramolecular Hbond substituents is 1. The number of aliphatic hydroxyl groups excluding tert-OH is 1. The van der Waals surface area contributed by atoms with Crippen LogP contribution in [0.2, 0.25) is 0 Å². The number of nitrogens with one attached hydrogen (secondary N) is 2. The van der Waals surface area contributed by atoms with E-state index < -0.39 is 23.1 Å². The SMILES string of the molecule is Cc1ncsc1-c1ccc(C(C)(C)NC(=O)[C@@H]2C[C@@H](O)CN2C(=O)C(C)(c2cc(N3CCC(c4cnc(N5CCC(c6c[nH]c7nnc(-c8ccccc8O)cc67)CC5)nc4)CC3)no2)C(C)C)cc1. The number of aromatic amines is 1. The van der Waals surface area contributed by atoms with Crippen molar-refractivity contribution in [2.24, 2.45) is 5.92 Å². The number of para-hydroxylation sites is 1. The van der Waals surface area contributed by atoms with Crippen molar-refractivity contribution in [3.8, 4) is 27.4 Å². The third-order valence-electron chi connectivity index (χ3n) is 15.3. The van der Waals surface area contributed by atoms with Crippen molar-refractivity contribution in [3.05, 3.63) is 113 Å². The minimum atomic E-state index is -1.15. The molecule has 70 heavy (non-hydrogen) atoms. The molecule has 3 saturated heterocycles. The van der Waals surface area contributed by atoms with Crippen LogP contribution in [-0.4, -0.2) is 107 Å².